The quantitative estimate of drug-likeness (QED) is 0.613. The highest BCUT2D eigenvalue weighted by Gasteiger charge is 2.44. The Bertz CT molecular complexity index is 233. The van der Waals surface area contributed by atoms with E-state index in [0.717, 1.165) is 0 Å². The minimum absolute atomic E-state index is 0.0139. The van der Waals surface area contributed by atoms with E-state index in [1.165, 1.54) is 7.11 Å². The third kappa shape index (κ3) is 3.15. The molecule has 0 aromatic heterocycles. The molecule has 1 atom stereocenters. The minimum atomic E-state index is -0.850. The zero-order valence-corrected chi connectivity index (χ0v) is 9.93. The summed E-state index contributed by atoms with van der Waals surface area (Å²) in [5.74, 6) is -1.38. The molecule has 6 nitrogen and oxygen atoms in total. The van der Waals surface area contributed by atoms with Crippen LogP contribution in [0.2, 0.25) is 0 Å². The summed E-state index contributed by atoms with van der Waals surface area (Å²) in [5.41, 5.74) is 0. The van der Waals surface area contributed by atoms with Gasteiger partial charge < -0.3 is 19.3 Å². The van der Waals surface area contributed by atoms with Crippen LogP contribution in [0, 0.1) is 0 Å². The van der Waals surface area contributed by atoms with Crippen molar-refractivity contribution >= 4 is 5.97 Å². The van der Waals surface area contributed by atoms with Crippen LogP contribution < -0.4 is 0 Å². The summed E-state index contributed by atoms with van der Waals surface area (Å²) in [4.78, 5) is 12.6. The van der Waals surface area contributed by atoms with Crippen molar-refractivity contribution in [2.24, 2.45) is 0 Å². The molecule has 94 valence electrons. The molecule has 1 unspecified atom stereocenters. The number of nitrogens with zero attached hydrogens (tertiary/aromatic N) is 1. The van der Waals surface area contributed by atoms with Crippen LogP contribution in [0.4, 0.5) is 0 Å². The van der Waals surface area contributed by atoms with E-state index < -0.39 is 11.8 Å². The molecule has 1 N–H and O–H groups in total. The number of hydrogen-bond acceptors (Lipinski definition) is 5. The van der Waals surface area contributed by atoms with Gasteiger partial charge in [-0.3, -0.25) is 9.69 Å². The Labute approximate surface area is 95.1 Å². The second-order valence-corrected chi connectivity index (χ2v) is 3.94. The van der Waals surface area contributed by atoms with E-state index in [-0.39, 0.29) is 12.5 Å². The van der Waals surface area contributed by atoms with Crippen molar-refractivity contribution < 1.29 is 24.1 Å². The fourth-order valence-electron chi connectivity index (χ4n) is 1.81. The number of carbonyl (C=O) groups is 1. The maximum Gasteiger partial charge on any atom is 0.306 e. The molecule has 0 spiro atoms. The van der Waals surface area contributed by atoms with Gasteiger partial charge >= 0.3 is 5.97 Å². The van der Waals surface area contributed by atoms with Crippen LogP contribution in [0.5, 0.6) is 0 Å². The number of carboxylic acids is 1. The summed E-state index contributed by atoms with van der Waals surface area (Å²) in [7, 11) is 4.73. The lowest BCUT2D eigenvalue weighted by Crippen LogP contribution is -2.65. The zero-order chi connectivity index (χ0) is 12.2. The van der Waals surface area contributed by atoms with E-state index in [0.29, 0.717) is 19.6 Å². The monoisotopic (exact) mass is 233 g/mol. The largest absolute Gasteiger partial charge is 0.481 e. The number of ether oxygens (including phenoxy) is 3. The Kier molecular flexibility index (Phi) is 4.67. The predicted molar refractivity (Wildman–Crippen MR) is 56.2 cm³/mol. The third-order valence-electron chi connectivity index (χ3n) is 2.87. The third-order valence-corrected chi connectivity index (χ3v) is 2.87. The molecule has 0 saturated carbocycles. The van der Waals surface area contributed by atoms with E-state index in [2.05, 4.69) is 0 Å². The van der Waals surface area contributed by atoms with Crippen molar-refractivity contribution in [1.82, 2.24) is 4.90 Å². The maximum atomic E-state index is 10.5. The van der Waals surface area contributed by atoms with Crippen molar-refractivity contribution in [3.8, 4) is 0 Å². The summed E-state index contributed by atoms with van der Waals surface area (Å²) in [6, 6.07) is 0. The molecule has 16 heavy (non-hydrogen) atoms. The van der Waals surface area contributed by atoms with Crippen LogP contribution in [0.25, 0.3) is 0 Å². The molecule has 1 aliphatic rings. The number of methoxy groups -OCH3 is 3. The van der Waals surface area contributed by atoms with Crippen LogP contribution in [0.3, 0.4) is 0 Å². The zero-order valence-electron chi connectivity index (χ0n) is 9.93. The Balaban J connectivity index is 2.32. The smallest absolute Gasteiger partial charge is 0.306 e. The fraction of sp³-hybridized carbons (Fsp3) is 0.900. The summed E-state index contributed by atoms with van der Waals surface area (Å²) < 4.78 is 15.6. The number of aliphatic carboxylic acids is 1. The van der Waals surface area contributed by atoms with E-state index in [1.807, 2.05) is 4.90 Å². The highest BCUT2D eigenvalue weighted by Crippen LogP contribution is 2.25. The molecule has 0 aliphatic carbocycles. The molecule has 0 bridgehead atoms. The summed E-state index contributed by atoms with van der Waals surface area (Å²) in [6.07, 6.45) is -0.274. The van der Waals surface area contributed by atoms with Crippen molar-refractivity contribution in [2.75, 3.05) is 41.0 Å². The van der Waals surface area contributed by atoms with Crippen molar-refractivity contribution in [2.45, 2.75) is 18.3 Å². The van der Waals surface area contributed by atoms with Gasteiger partial charge in [-0.2, -0.15) is 0 Å². The lowest BCUT2D eigenvalue weighted by Gasteiger charge is -2.48. The molecule has 6 heteroatoms. The molecule has 0 amide bonds. The maximum absolute atomic E-state index is 10.5. The van der Waals surface area contributed by atoms with Gasteiger partial charge in [0.25, 0.3) is 0 Å². The van der Waals surface area contributed by atoms with Crippen LogP contribution in [-0.2, 0) is 19.0 Å². The average Bonchev–Trinajstić information content (AvgIpc) is 2.20. The lowest BCUT2D eigenvalue weighted by atomic mass is 10.1. The van der Waals surface area contributed by atoms with Crippen molar-refractivity contribution in [1.29, 1.82) is 0 Å². The Morgan fingerprint density at radius 2 is 1.94 bits per heavy atom. The summed E-state index contributed by atoms with van der Waals surface area (Å²) in [6.45, 7) is 1.86. The minimum Gasteiger partial charge on any atom is -0.481 e. The first-order chi connectivity index (χ1) is 7.55. The van der Waals surface area contributed by atoms with Crippen LogP contribution in [0.15, 0.2) is 0 Å². The van der Waals surface area contributed by atoms with Gasteiger partial charge in [-0.05, 0) is 0 Å². The highest BCUT2D eigenvalue weighted by atomic mass is 16.7. The first-order valence-corrected chi connectivity index (χ1v) is 5.12. The Morgan fingerprint density at radius 1 is 1.38 bits per heavy atom. The van der Waals surface area contributed by atoms with Gasteiger partial charge in [0, 0.05) is 27.9 Å². The van der Waals surface area contributed by atoms with Gasteiger partial charge in [-0.25, -0.2) is 0 Å². The van der Waals surface area contributed by atoms with E-state index in [1.54, 1.807) is 14.2 Å². The van der Waals surface area contributed by atoms with Crippen LogP contribution in [0.1, 0.15) is 6.42 Å². The van der Waals surface area contributed by atoms with E-state index >= 15 is 0 Å². The number of carboxylic acid groups (broad SMARTS) is 1. The fourth-order valence-corrected chi connectivity index (χ4v) is 1.81. The molecule has 1 saturated heterocycles. The summed E-state index contributed by atoms with van der Waals surface area (Å²) in [5, 5.41) is 8.67. The number of hydrogen-bond donors (Lipinski definition) is 1. The molecular formula is C10H19NO5. The normalized spacial score (nSPS) is 21.4. The standard InChI is InChI=1S/C10H19NO5/c1-14-8(4-9(12)13)5-11-6-10(7-11,15-2)16-3/h8H,4-7H2,1-3H3,(H,12,13). The van der Waals surface area contributed by atoms with Crippen molar-refractivity contribution in [3.63, 3.8) is 0 Å². The van der Waals surface area contributed by atoms with E-state index in [9.17, 15) is 4.79 Å². The van der Waals surface area contributed by atoms with Gasteiger partial charge in [0.05, 0.1) is 25.6 Å². The Hall–Kier alpha value is -0.690. The highest BCUT2D eigenvalue weighted by molar-refractivity contribution is 5.67. The summed E-state index contributed by atoms with van der Waals surface area (Å²) >= 11 is 0. The lowest BCUT2D eigenvalue weighted by molar-refractivity contribution is -0.278. The number of likely N-dealkylation sites (tertiary alicyclic amines) is 1. The number of rotatable bonds is 7. The van der Waals surface area contributed by atoms with Gasteiger partial charge in [0.15, 0.2) is 5.79 Å². The van der Waals surface area contributed by atoms with Gasteiger partial charge in [-0.1, -0.05) is 0 Å². The molecular weight excluding hydrogens is 214 g/mol. The SMILES string of the molecule is COC(CC(=O)O)CN1CC(OC)(OC)C1. The first kappa shape index (κ1) is 13.4. The average molecular weight is 233 g/mol. The van der Waals surface area contributed by atoms with Gasteiger partial charge in [0.1, 0.15) is 0 Å². The predicted octanol–water partition coefficient (Wildman–Crippen LogP) is -0.219. The topological polar surface area (TPSA) is 68.2 Å². The molecule has 1 fully saturated rings. The second-order valence-electron chi connectivity index (χ2n) is 3.94. The molecule has 1 aliphatic heterocycles. The van der Waals surface area contributed by atoms with Crippen LogP contribution >= 0.6 is 0 Å². The van der Waals surface area contributed by atoms with Gasteiger partial charge in [-0.15, -0.1) is 0 Å². The molecule has 1 heterocycles. The molecule has 0 aromatic rings. The first-order valence-electron chi connectivity index (χ1n) is 5.12. The Morgan fingerprint density at radius 3 is 2.31 bits per heavy atom. The second kappa shape index (κ2) is 5.58. The van der Waals surface area contributed by atoms with E-state index in [4.69, 9.17) is 19.3 Å². The van der Waals surface area contributed by atoms with Crippen LogP contribution in [-0.4, -0.2) is 68.8 Å². The van der Waals surface area contributed by atoms with Crippen molar-refractivity contribution in [3.05, 3.63) is 0 Å². The molecule has 0 radical (unpaired) electrons. The molecule has 0 aromatic carbocycles. The van der Waals surface area contributed by atoms with Gasteiger partial charge in [0.2, 0.25) is 0 Å². The molecule has 1 rings (SSSR count).